The third kappa shape index (κ3) is 3.99. The van der Waals surface area contributed by atoms with E-state index in [1.165, 1.54) is 11.3 Å². The molecule has 0 radical (unpaired) electrons. The van der Waals surface area contributed by atoms with Gasteiger partial charge in [-0.3, -0.25) is 0 Å². The van der Waals surface area contributed by atoms with Gasteiger partial charge in [0.05, 0.1) is 12.7 Å². The van der Waals surface area contributed by atoms with Crippen LogP contribution in [0.15, 0.2) is 0 Å². The summed E-state index contributed by atoms with van der Waals surface area (Å²) >= 11 is 1.34. The van der Waals surface area contributed by atoms with Crippen molar-refractivity contribution in [1.29, 1.82) is 0 Å². The van der Waals surface area contributed by atoms with E-state index in [1.54, 1.807) is 0 Å². The Kier molecular flexibility index (Phi) is 4.78. The molecule has 0 aliphatic carbocycles. The van der Waals surface area contributed by atoms with Gasteiger partial charge in [-0.2, -0.15) is 0 Å². The lowest BCUT2D eigenvalue weighted by Gasteiger charge is -2.10. The molecule has 1 atom stereocenters. The smallest absolute Gasteiger partial charge is 0.203 e. The van der Waals surface area contributed by atoms with Crippen molar-refractivity contribution in [2.75, 3.05) is 18.9 Å². The molecule has 0 saturated carbocycles. The molecule has 1 rings (SSSR count). The number of rotatable bonds is 6. The number of aromatic nitrogens is 2. The average Bonchev–Trinajstić information content (AvgIpc) is 2.58. The van der Waals surface area contributed by atoms with Crippen molar-refractivity contribution in [2.24, 2.45) is 0 Å². The minimum atomic E-state index is 0.0695. The summed E-state index contributed by atoms with van der Waals surface area (Å²) in [6, 6.07) is 0. The molecule has 6 heteroatoms. The van der Waals surface area contributed by atoms with Crippen LogP contribution in [0.2, 0.25) is 0 Å². The van der Waals surface area contributed by atoms with E-state index in [0.29, 0.717) is 25.0 Å². The maximum absolute atomic E-state index is 5.47. The van der Waals surface area contributed by atoms with Crippen LogP contribution < -0.4 is 5.73 Å². The summed E-state index contributed by atoms with van der Waals surface area (Å²) < 4.78 is 10.7. The monoisotopic (exact) mass is 217 g/mol. The molecule has 0 aromatic carbocycles. The Balaban J connectivity index is 2.20. The predicted molar refractivity (Wildman–Crippen MR) is 55.1 cm³/mol. The molecule has 80 valence electrons. The van der Waals surface area contributed by atoms with Gasteiger partial charge in [0.15, 0.2) is 0 Å². The van der Waals surface area contributed by atoms with Crippen LogP contribution in [0.25, 0.3) is 0 Å². The fourth-order valence-electron chi connectivity index (χ4n) is 0.870. The standard InChI is InChI=1S/C8H15N3O2S/c1-3-12-4-6(2)13-5-7-10-11-8(9)14-7/h6H,3-5H2,1-2H3,(H2,9,11). The third-order valence-corrected chi connectivity index (χ3v) is 2.26. The highest BCUT2D eigenvalue weighted by Crippen LogP contribution is 2.12. The van der Waals surface area contributed by atoms with Crippen molar-refractivity contribution in [2.45, 2.75) is 26.6 Å². The molecular formula is C8H15N3O2S. The first kappa shape index (κ1) is 11.4. The van der Waals surface area contributed by atoms with Gasteiger partial charge in [-0.15, -0.1) is 10.2 Å². The van der Waals surface area contributed by atoms with Crippen LogP contribution in [0.4, 0.5) is 5.13 Å². The number of ether oxygens (including phenoxy) is 2. The Morgan fingerprint density at radius 1 is 1.50 bits per heavy atom. The lowest BCUT2D eigenvalue weighted by atomic mass is 10.4. The lowest BCUT2D eigenvalue weighted by molar-refractivity contribution is -0.0118. The number of anilines is 1. The predicted octanol–water partition coefficient (Wildman–Crippen LogP) is 1.06. The van der Waals surface area contributed by atoms with E-state index >= 15 is 0 Å². The number of hydrogen-bond donors (Lipinski definition) is 1. The van der Waals surface area contributed by atoms with Gasteiger partial charge < -0.3 is 15.2 Å². The molecule has 14 heavy (non-hydrogen) atoms. The third-order valence-electron chi connectivity index (χ3n) is 1.53. The van der Waals surface area contributed by atoms with Crippen molar-refractivity contribution >= 4 is 16.5 Å². The van der Waals surface area contributed by atoms with Crippen LogP contribution in [0.1, 0.15) is 18.9 Å². The fourth-order valence-corrected chi connectivity index (χ4v) is 1.40. The molecule has 0 aliphatic rings. The van der Waals surface area contributed by atoms with Crippen LogP contribution in [0.3, 0.4) is 0 Å². The number of nitrogens with zero attached hydrogens (tertiary/aromatic N) is 2. The SMILES string of the molecule is CCOCC(C)OCc1nnc(N)s1. The average molecular weight is 217 g/mol. The second-order valence-corrected chi connectivity index (χ2v) is 3.91. The molecular weight excluding hydrogens is 202 g/mol. The molecule has 0 saturated heterocycles. The van der Waals surface area contributed by atoms with Gasteiger partial charge >= 0.3 is 0 Å². The minimum absolute atomic E-state index is 0.0695. The lowest BCUT2D eigenvalue weighted by Crippen LogP contribution is -2.15. The van der Waals surface area contributed by atoms with Gasteiger partial charge in [0.1, 0.15) is 11.6 Å². The van der Waals surface area contributed by atoms with Gasteiger partial charge in [0.25, 0.3) is 0 Å². The van der Waals surface area contributed by atoms with Crippen LogP contribution in [0, 0.1) is 0 Å². The quantitative estimate of drug-likeness (QED) is 0.771. The van der Waals surface area contributed by atoms with Crippen molar-refractivity contribution in [3.63, 3.8) is 0 Å². The highest BCUT2D eigenvalue weighted by atomic mass is 32.1. The van der Waals surface area contributed by atoms with Crippen molar-refractivity contribution in [1.82, 2.24) is 10.2 Å². The van der Waals surface area contributed by atoms with E-state index in [9.17, 15) is 0 Å². The maximum atomic E-state index is 5.47. The zero-order valence-corrected chi connectivity index (χ0v) is 9.21. The highest BCUT2D eigenvalue weighted by molar-refractivity contribution is 7.15. The Hall–Kier alpha value is -0.720. The molecule has 1 heterocycles. The second kappa shape index (κ2) is 5.90. The van der Waals surface area contributed by atoms with Crippen molar-refractivity contribution in [3.8, 4) is 0 Å². The number of hydrogen-bond acceptors (Lipinski definition) is 6. The summed E-state index contributed by atoms with van der Waals surface area (Å²) in [5.74, 6) is 0. The van der Waals surface area contributed by atoms with E-state index in [-0.39, 0.29) is 6.10 Å². The molecule has 0 amide bonds. The zero-order valence-electron chi connectivity index (χ0n) is 8.40. The number of nitrogens with two attached hydrogens (primary N) is 1. The molecule has 0 aliphatic heterocycles. The van der Waals surface area contributed by atoms with E-state index < -0.39 is 0 Å². The molecule has 5 nitrogen and oxygen atoms in total. The van der Waals surface area contributed by atoms with Crippen LogP contribution in [0.5, 0.6) is 0 Å². The largest absolute Gasteiger partial charge is 0.379 e. The molecule has 0 spiro atoms. The first-order chi connectivity index (χ1) is 6.72. The van der Waals surface area contributed by atoms with Gasteiger partial charge in [-0.25, -0.2) is 0 Å². The first-order valence-corrected chi connectivity index (χ1v) is 5.31. The van der Waals surface area contributed by atoms with Gasteiger partial charge in [0, 0.05) is 6.61 Å². The summed E-state index contributed by atoms with van der Waals surface area (Å²) in [6.07, 6.45) is 0.0695. The van der Waals surface area contributed by atoms with Gasteiger partial charge in [0.2, 0.25) is 5.13 Å². The summed E-state index contributed by atoms with van der Waals surface area (Å²) in [5.41, 5.74) is 5.43. The molecule has 0 fully saturated rings. The minimum Gasteiger partial charge on any atom is -0.379 e. The van der Waals surface area contributed by atoms with Crippen molar-refractivity contribution < 1.29 is 9.47 Å². The van der Waals surface area contributed by atoms with Crippen LogP contribution >= 0.6 is 11.3 Å². The van der Waals surface area contributed by atoms with E-state index in [4.69, 9.17) is 15.2 Å². The first-order valence-electron chi connectivity index (χ1n) is 4.49. The topological polar surface area (TPSA) is 70.3 Å². The molecule has 1 aromatic heterocycles. The summed E-state index contributed by atoms with van der Waals surface area (Å²) in [4.78, 5) is 0. The maximum Gasteiger partial charge on any atom is 0.203 e. The normalized spacial score (nSPS) is 13.0. The van der Waals surface area contributed by atoms with Crippen LogP contribution in [-0.2, 0) is 16.1 Å². The van der Waals surface area contributed by atoms with Crippen molar-refractivity contribution in [3.05, 3.63) is 5.01 Å². The van der Waals surface area contributed by atoms with Gasteiger partial charge in [-0.1, -0.05) is 11.3 Å². The van der Waals surface area contributed by atoms with E-state index in [2.05, 4.69) is 10.2 Å². The fraction of sp³-hybridized carbons (Fsp3) is 0.750. The zero-order chi connectivity index (χ0) is 10.4. The molecule has 2 N–H and O–H groups in total. The second-order valence-electron chi connectivity index (χ2n) is 2.82. The van der Waals surface area contributed by atoms with Gasteiger partial charge in [-0.05, 0) is 13.8 Å². The number of nitrogen functional groups attached to an aromatic ring is 1. The summed E-state index contributed by atoms with van der Waals surface area (Å²) in [5, 5.41) is 8.81. The van der Waals surface area contributed by atoms with E-state index in [1.807, 2.05) is 13.8 Å². The van der Waals surface area contributed by atoms with E-state index in [0.717, 1.165) is 5.01 Å². The molecule has 0 bridgehead atoms. The Labute approximate surface area is 87.2 Å². The van der Waals surface area contributed by atoms with Crippen LogP contribution in [-0.4, -0.2) is 29.5 Å². The Bertz CT molecular complexity index is 267. The molecule has 1 unspecified atom stereocenters. The summed E-state index contributed by atoms with van der Waals surface area (Å²) in [7, 11) is 0. The summed E-state index contributed by atoms with van der Waals surface area (Å²) in [6.45, 7) is 5.67. The molecule has 1 aromatic rings. The highest BCUT2D eigenvalue weighted by Gasteiger charge is 2.05. The Morgan fingerprint density at radius 2 is 2.29 bits per heavy atom. The Morgan fingerprint density at radius 3 is 2.86 bits per heavy atom.